The number of halogens is 1. The fourth-order valence-electron chi connectivity index (χ4n) is 1.78. The van der Waals surface area contributed by atoms with E-state index in [9.17, 15) is 14.0 Å². The number of hydrogen-bond acceptors (Lipinski definition) is 3. The highest BCUT2D eigenvalue weighted by molar-refractivity contribution is 5.94. The van der Waals surface area contributed by atoms with Crippen molar-refractivity contribution in [2.45, 2.75) is 13.5 Å². The van der Waals surface area contributed by atoms with Gasteiger partial charge in [0.1, 0.15) is 18.2 Å². The Labute approximate surface area is 120 Å². The van der Waals surface area contributed by atoms with E-state index in [1.54, 1.807) is 24.3 Å². The second kappa shape index (κ2) is 6.17. The lowest BCUT2D eigenvalue weighted by molar-refractivity contribution is 0.0696. The normalized spacial score (nSPS) is 10.2. The van der Waals surface area contributed by atoms with E-state index in [2.05, 4.69) is 0 Å². The summed E-state index contributed by atoms with van der Waals surface area (Å²) in [6, 6.07) is 10.0. The van der Waals surface area contributed by atoms with Crippen molar-refractivity contribution < 1.29 is 23.8 Å². The number of carbonyl (C=O) groups excluding carboxylic acids is 1. The number of ketones is 1. The Balaban J connectivity index is 2.16. The summed E-state index contributed by atoms with van der Waals surface area (Å²) in [5.74, 6) is -1.35. The standard InChI is InChI=1S/C16H13FO4/c1-10(18)11-3-2-4-14(8-11)21-9-13-7-12(16(19)20)5-6-15(13)17/h2-8H,9H2,1H3,(H,19,20). The first-order valence-electron chi connectivity index (χ1n) is 6.23. The van der Waals surface area contributed by atoms with Gasteiger partial charge in [-0.05, 0) is 37.3 Å². The molecule has 2 rings (SSSR count). The molecule has 4 nitrogen and oxygen atoms in total. The minimum atomic E-state index is -1.13. The van der Waals surface area contributed by atoms with Gasteiger partial charge in [0.05, 0.1) is 5.56 Å². The predicted octanol–water partition coefficient (Wildman–Crippen LogP) is 3.31. The van der Waals surface area contributed by atoms with Crippen molar-refractivity contribution in [3.8, 4) is 5.75 Å². The van der Waals surface area contributed by atoms with Gasteiger partial charge in [0.25, 0.3) is 0 Å². The van der Waals surface area contributed by atoms with Crippen LogP contribution in [-0.4, -0.2) is 16.9 Å². The monoisotopic (exact) mass is 288 g/mol. The van der Waals surface area contributed by atoms with Gasteiger partial charge in [0, 0.05) is 11.1 Å². The van der Waals surface area contributed by atoms with Crippen molar-refractivity contribution in [3.63, 3.8) is 0 Å². The van der Waals surface area contributed by atoms with Crippen molar-refractivity contribution in [3.05, 3.63) is 65.0 Å². The van der Waals surface area contributed by atoms with E-state index in [1.165, 1.54) is 19.1 Å². The molecule has 0 unspecified atom stereocenters. The first-order chi connectivity index (χ1) is 9.97. The van der Waals surface area contributed by atoms with Crippen LogP contribution in [0.15, 0.2) is 42.5 Å². The van der Waals surface area contributed by atoms with Crippen LogP contribution in [0.3, 0.4) is 0 Å². The molecule has 1 N–H and O–H groups in total. The lowest BCUT2D eigenvalue weighted by atomic mass is 10.1. The zero-order valence-electron chi connectivity index (χ0n) is 11.3. The number of carbonyl (C=O) groups is 2. The third-order valence-electron chi connectivity index (χ3n) is 2.93. The molecule has 2 aromatic carbocycles. The molecule has 0 fully saturated rings. The van der Waals surface area contributed by atoms with Crippen LogP contribution in [0.2, 0.25) is 0 Å². The Hall–Kier alpha value is -2.69. The molecule has 0 saturated heterocycles. The Morgan fingerprint density at radius 2 is 1.90 bits per heavy atom. The molecular formula is C16H13FO4. The van der Waals surface area contributed by atoms with Crippen molar-refractivity contribution in [2.75, 3.05) is 0 Å². The van der Waals surface area contributed by atoms with E-state index in [-0.39, 0.29) is 23.5 Å². The first kappa shape index (κ1) is 14.7. The molecule has 5 heteroatoms. The predicted molar refractivity (Wildman–Crippen MR) is 74.1 cm³/mol. The van der Waals surface area contributed by atoms with Crippen molar-refractivity contribution in [1.29, 1.82) is 0 Å². The Morgan fingerprint density at radius 3 is 2.57 bits per heavy atom. The molecular weight excluding hydrogens is 275 g/mol. The molecule has 108 valence electrons. The number of benzene rings is 2. The molecule has 0 amide bonds. The number of rotatable bonds is 5. The van der Waals surface area contributed by atoms with E-state index in [0.717, 1.165) is 6.07 Å². The van der Waals surface area contributed by atoms with E-state index >= 15 is 0 Å². The van der Waals surface area contributed by atoms with Gasteiger partial charge in [-0.15, -0.1) is 0 Å². The van der Waals surface area contributed by atoms with E-state index < -0.39 is 11.8 Å². The zero-order valence-corrected chi connectivity index (χ0v) is 11.3. The molecule has 0 aromatic heterocycles. The molecule has 0 aliphatic rings. The Morgan fingerprint density at radius 1 is 1.14 bits per heavy atom. The van der Waals surface area contributed by atoms with Crippen molar-refractivity contribution in [1.82, 2.24) is 0 Å². The summed E-state index contributed by atoms with van der Waals surface area (Å²) in [5, 5.41) is 8.88. The van der Waals surface area contributed by atoms with Crippen LogP contribution in [0.1, 0.15) is 33.2 Å². The van der Waals surface area contributed by atoms with Gasteiger partial charge in [-0.1, -0.05) is 12.1 Å². The van der Waals surface area contributed by atoms with E-state index in [1.807, 2.05) is 0 Å². The summed E-state index contributed by atoms with van der Waals surface area (Å²) in [4.78, 5) is 22.1. The molecule has 0 heterocycles. The maximum Gasteiger partial charge on any atom is 0.335 e. The Kier molecular flexibility index (Phi) is 4.33. The minimum Gasteiger partial charge on any atom is -0.489 e. The van der Waals surface area contributed by atoms with Gasteiger partial charge >= 0.3 is 5.97 Å². The maximum atomic E-state index is 13.6. The van der Waals surface area contributed by atoms with Gasteiger partial charge in [-0.2, -0.15) is 0 Å². The fourth-order valence-corrected chi connectivity index (χ4v) is 1.78. The molecule has 0 bridgehead atoms. The minimum absolute atomic E-state index is 0.00696. The quantitative estimate of drug-likeness (QED) is 0.857. The number of aromatic carboxylic acids is 1. The zero-order chi connectivity index (χ0) is 15.4. The van der Waals surface area contributed by atoms with Crippen LogP contribution in [0.5, 0.6) is 5.75 Å². The third kappa shape index (κ3) is 3.66. The van der Waals surface area contributed by atoms with Gasteiger partial charge in [0.15, 0.2) is 5.78 Å². The topological polar surface area (TPSA) is 63.6 Å². The summed E-state index contributed by atoms with van der Waals surface area (Å²) in [6.07, 6.45) is 0. The van der Waals surface area contributed by atoms with Crippen LogP contribution in [0.4, 0.5) is 4.39 Å². The highest BCUT2D eigenvalue weighted by Crippen LogP contribution is 2.17. The summed E-state index contributed by atoms with van der Waals surface area (Å²) >= 11 is 0. The van der Waals surface area contributed by atoms with Gasteiger partial charge in [-0.3, -0.25) is 4.79 Å². The molecule has 0 aliphatic heterocycles. The fraction of sp³-hybridized carbons (Fsp3) is 0.125. The van der Waals surface area contributed by atoms with Crippen LogP contribution in [0, 0.1) is 5.82 Å². The van der Waals surface area contributed by atoms with Crippen LogP contribution in [-0.2, 0) is 6.61 Å². The number of hydrogen-bond donors (Lipinski definition) is 1. The summed E-state index contributed by atoms with van der Waals surface area (Å²) in [7, 11) is 0. The van der Waals surface area contributed by atoms with Gasteiger partial charge in [0.2, 0.25) is 0 Å². The SMILES string of the molecule is CC(=O)c1cccc(OCc2cc(C(=O)O)ccc2F)c1. The van der Waals surface area contributed by atoms with Crippen molar-refractivity contribution in [2.24, 2.45) is 0 Å². The number of carboxylic acid groups (broad SMARTS) is 1. The van der Waals surface area contributed by atoms with E-state index in [0.29, 0.717) is 11.3 Å². The average molecular weight is 288 g/mol. The summed E-state index contributed by atoms with van der Waals surface area (Å²) in [5.41, 5.74) is 0.628. The molecule has 21 heavy (non-hydrogen) atoms. The highest BCUT2D eigenvalue weighted by atomic mass is 19.1. The number of carboxylic acids is 1. The number of Topliss-reactive ketones (excluding diaryl/α,β-unsaturated/α-hetero) is 1. The second-order valence-corrected chi connectivity index (χ2v) is 4.48. The average Bonchev–Trinajstić information content (AvgIpc) is 2.46. The molecule has 0 atom stereocenters. The largest absolute Gasteiger partial charge is 0.489 e. The lowest BCUT2D eigenvalue weighted by Gasteiger charge is -2.09. The molecule has 0 spiro atoms. The first-order valence-corrected chi connectivity index (χ1v) is 6.23. The smallest absolute Gasteiger partial charge is 0.335 e. The molecule has 2 aromatic rings. The van der Waals surface area contributed by atoms with Gasteiger partial charge < -0.3 is 9.84 Å². The van der Waals surface area contributed by atoms with E-state index in [4.69, 9.17) is 9.84 Å². The summed E-state index contributed by atoms with van der Waals surface area (Å²) in [6.45, 7) is 1.32. The van der Waals surface area contributed by atoms with Crippen LogP contribution in [0.25, 0.3) is 0 Å². The van der Waals surface area contributed by atoms with Crippen LogP contribution >= 0.6 is 0 Å². The van der Waals surface area contributed by atoms with Crippen LogP contribution < -0.4 is 4.74 Å². The molecule has 0 saturated carbocycles. The van der Waals surface area contributed by atoms with Crippen molar-refractivity contribution >= 4 is 11.8 Å². The maximum absolute atomic E-state index is 13.6. The summed E-state index contributed by atoms with van der Waals surface area (Å²) < 4.78 is 19.0. The molecule has 0 radical (unpaired) electrons. The molecule has 0 aliphatic carbocycles. The Bertz CT molecular complexity index is 694. The lowest BCUT2D eigenvalue weighted by Crippen LogP contribution is -2.03. The number of ether oxygens (including phenoxy) is 1. The van der Waals surface area contributed by atoms with Gasteiger partial charge in [-0.25, -0.2) is 9.18 Å². The third-order valence-corrected chi connectivity index (χ3v) is 2.93. The highest BCUT2D eigenvalue weighted by Gasteiger charge is 2.09. The second-order valence-electron chi connectivity index (χ2n) is 4.48.